The number of para-hydroxylation sites is 1. The van der Waals surface area contributed by atoms with E-state index in [9.17, 15) is 4.79 Å². The average molecular weight is 219 g/mol. The minimum absolute atomic E-state index is 0.359. The third-order valence-corrected chi connectivity index (χ3v) is 2.08. The maximum Gasteiger partial charge on any atom is 0.246 e. The number of nitrogens with two attached hydrogens (primary N) is 2. The lowest BCUT2D eigenvalue weighted by Gasteiger charge is -2.16. The van der Waals surface area contributed by atoms with Gasteiger partial charge in [-0.05, 0) is 24.3 Å². The summed E-state index contributed by atoms with van der Waals surface area (Å²) in [4.78, 5) is 10.9. The molecule has 1 amide bonds. The van der Waals surface area contributed by atoms with Crippen LogP contribution in [0.25, 0.3) is 6.08 Å². The largest absolute Gasteiger partial charge is 0.380 e. The summed E-state index contributed by atoms with van der Waals surface area (Å²) in [6.45, 7) is 3.17. The second kappa shape index (κ2) is 5.92. The first-order chi connectivity index (χ1) is 7.69. The molecule has 0 spiro atoms. The fourth-order valence-corrected chi connectivity index (χ4v) is 1.37. The highest BCUT2D eigenvalue weighted by atomic mass is 16.1. The van der Waals surface area contributed by atoms with E-state index >= 15 is 0 Å². The van der Waals surface area contributed by atoms with E-state index in [-0.39, 0.29) is 5.91 Å². The molecule has 0 unspecified atom stereocenters. The van der Waals surface area contributed by atoms with Crippen molar-refractivity contribution in [1.82, 2.24) is 0 Å². The van der Waals surface area contributed by atoms with Crippen molar-refractivity contribution in [1.29, 1.82) is 0 Å². The Morgan fingerprint density at radius 2 is 2.06 bits per heavy atom. The van der Waals surface area contributed by atoms with Gasteiger partial charge in [-0.2, -0.15) is 0 Å². The minimum Gasteiger partial charge on any atom is -0.380 e. The molecule has 0 aliphatic carbocycles. The standard InChI is InChI=1S/C10H10N2O.C2H7N/c11-10(13)8-5-7-3-1-2-4-9(7)12-6-8;1-2-3/h1-5,12H,6H2,(H2,11,13);2-3H2,1H3. The first kappa shape index (κ1) is 12.3. The third-order valence-electron chi connectivity index (χ3n) is 2.08. The summed E-state index contributed by atoms with van der Waals surface area (Å²) in [5.74, 6) is -0.359. The van der Waals surface area contributed by atoms with Crippen LogP contribution in [-0.2, 0) is 4.79 Å². The van der Waals surface area contributed by atoms with Crippen LogP contribution < -0.4 is 16.8 Å². The Balaban J connectivity index is 0.000000386. The molecule has 0 saturated heterocycles. The van der Waals surface area contributed by atoms with E-state index < -0.39 is 0 Å². The van der Waals surface area contributed by atoms with Crippen molar-refractivity contribution in [2.45, 2.75) is 6.92 Å². The normalized spacial score (nSPS) is 12.5. The highest BCUT2D eigenvalue weighted by Gasteiger charge is 2.11. The van der Waals surface area contributed by atoms with Gasteiger partial charge in [0.05, 0.1) is 0 Å². The van der Waals surface area contributed by atoms with E-state index in [4.69, 9.17) is 11.5 Å². The van der Waals surface area contributed by atoms with E-state index in [1.165, 1.54) is 0 Å². The molecule has 4 heteroatoms. The van der Waals surface area contributed by atoms with Crippen molar-refractivity contribution in [2.75, 3.05) is 18.4 Å². The Morgan fingerprint density at radius 1 is 1.44 bits per heavy atom. The van der Waals surface area contributed by atoms with Crippen molar-refractivity contribution < 1.29 is 4.79 Å². The smallest absolute Gasteiger partial charge is 0.246 e. The highest BCUT2D eigenvalue weighted by molar-refractivity contribution is 5.99. The van der Waals surface area contributed by atoms with Gasteiger partial charge in [-0.3, -0.25) is 4.79 Å². The molecular weight excluding hydrogens is 202 g/mol. The summed E-state index contributed by atoms with van der Waals surface area (Å²) in [6, 6.07) is 7.81. The van der Waals surface area contributed by atoms with E-state index in [1.807, 2.05) is 37.3 Å². The molecule has 4 nitrogen and oxygen atoms in total. The van der Waals surface area contributed by atoms with Gasteiger partial charge < -0.3 is 16.8 Å². The lowest BCUT2D eigenvalue weighted by molar-refractivity contribution is -0.114. The van der Waals surface area contributed by atoms with Gasteiger partial charge in [0, 0.05) is 17.8 Å². The van der Waals surface area contributed by atoms with Gasteiger partial charge in [-0.1, -0.05) is 25.1 Å². The summed E-state index contributed by atoms with van der Waals surface area (Å²) in [7, 11) is 0. The Morgan fingerprint density at radius 3 is 2.69 bits per heavy atom. The topological polar surface area (TPSA) is 81.1 Å². The van der Waals surface area contributed by atoms with E-state index in [2.05, 4.69) is 5.32 Å². The molecule has 5 N–H and O–H groups in total. The number of benzene rings is 1. The molecule has 0 atom stereocenters. The van der Waals surface area contributed by atoms with Crippen LogP contribution in [-0.4, -0.2) is 19.0 Å². The first-order valence-corrected chi connectivity index (χ1v) is 5.22. The van der Waals surface area contributed by atoms with E-state index in [1.54, 1.807) is 0 Å². The van der Waals surface area contributed by atoms with Crippen LogP contribution in [0.15, 0.2) is 29.8 Å². The second-order valence-corrected chi connectivity index (χ2v) is 3.38. The van der Waals surface area contributed by atoms with Gasteiger partial charge in [0.2, 0.25) is 5.91 Å². The SMILES string of the molecule is CCN.NC(=O)C1=Cc2ccccc2NC1. The van der Waals surface area contributed by atoms with Crippen LogP contribution in [0.1, 0.15) is 12.5 Å². The molecule has 0 saturated carbocycles. The zero-order valence-electron chi connectivity index (χ0n) is 9.36. The third kappa shape index (κ3) is 3.10. The molecule has 2 rings (SSSR count). The molecule has 86 valence electrons. The number of hydrogen-bond donors (Lipinski definition) is 3. The number of primary amides is 1. The summed E-state index contributed by atoms with van der Waals surface area (Å²) < 4.78 is 0. The maximum absolute atomic E-state index is 10.9. The molecule has 1 aliphatic heterocycles. The summed E-state index contributed by atoms with van der Waals surface area (Å²) >= 11 is 0. The number of rotatable bonds is 1. The molecule has 0 radical (unpaired) electrons. The van der Waals surface area contributed by atoms with Crippen molar-refractivity contribution in [3.05, 3.63) is 35.4 Å². The fourth-order valence-electron chi connectivity index (χ4n) is 1.37. The molecule has 1 heterocycles. The monoisotopic (exact) mass is 219 g/mol. The Bertz CT molecular complexity index is 399. The quantitative estimate of drug-likeness (QED) is 0.657. The van der Waals surface area contributed by atoms with Gasteiger partial charge in [0.1, 0.15) is 0 Å². The first-order valence-electron chi connectivity index (χ1n) is 5.22. The molecule has 16 heavy (non-hydrogen) atoms. The van der Waals surface area contributed by atoms with Gasteiger partial charge in [0.25, 0.3) is 0 Å². The van der Waals surface area contributed by atoms with Crippen LogP contribution in [0.3, 0.4) is 0 Å². The number of anilines is 1. The molecule has 0 bridgehead atoms. The lowest BCUT2D eigenvalue weighted by atomic mass is 10.0. The number of fused-ring (bicyclic) bond motifs is 1. The number of nitrogens with one attached hydrogen (secondary N) is 1. The number of amides is 1. The lowest BCUT2D eigenvalue weighted by Crippen LogP contribution is -2.22. The molecule has 1 aromatic carbocycles. The highest BCUT2D eigenvalue weighted by Crippen LogP contribution is 2.22. The van der Waals surface area contributed by atoms with Gasteiger partial charge in [-0.25, -0.2) is 0 Å². The molecule has 1 aliphatic rings. The molecule has 0 fully saturated rings. The Labute approximate surface area is 95.3 Å². The molecular formula is C12H17N3O. The van der Waals surface area contributed by atoms with Crippen molar-refractivity contribution in [3.8, 4) is 0 Å². The Hall–Kier alpha value is -1.81. The predicted octanol–water partition coefficient (Wildman–Crippen LogP) is 0.946. The van der Waals surface area contributed by atoms with E-state index in [0.29, 0.717) is 12.1 Å². The van der Waals surface area contributed by atoms with Crippen molar-refractivity contribution in [2.24, 2.45) is 11.5 Å². The maximum atomic E-state index is 10.9. The van der Waals surface area contributed by atoms with Gasteiger partial charge in [-0.15, -0.1) is 0 Å². The minimum atomic E-state index is -0.359. The van der Waals surface area contributed by atoms with Crippen molar-refractivity contribution in [3.63, 3.8) is 0 Å². The average Bonchev–Trinajstić information content (AvgIpc) is 2.29. The van der Waals surface area contributed by atoms with Crippen LogP contribution >= 0.6 is 0 Å². The number of hydrogen-bond acceptors (Lipinski definition) is 3. The van der Waals surface area contributed by atoms with Crippen LogP contribution in [0.5, 0.6) is 0 Å². The second-order valence-electron chi connectivity index (χ2n) is 3.38. The van der Waals surface area contributed by atoms with E-state index in [0.717, 1.165) is 17.8 Å². The zero-order chi connectivity index (χ0) is 12.0. The number of carbonyl (C=O) groups excluding carboxylic acids is 1. The molecule has 0 aromatic heterocycles. The Kier molecular flexibility index (Phi) is 4.54. The summed E-state index contributed by atoms with van der Waals surface area (Å²) in [5, 5.41) is 3.12. The van der Waals surface area contributed by atoms with Crippen LogP contribution in [0, 0.1) is 0 Å². The predicted molar refractivity (Wildman–Crippen MR) is 66.8 cm³/mol. The fraction of sp³-hybridized carbons (Fsp3) is 0.250. The van der Waals surface area contributed by atoms with Gasteiger partial charge >= 0.3 is 0 Å². The van der Waals surface area contributed by atoms with Crippen LogP contribution in [0.2, 0.25) is 0 Å². The van der Waals surface area contributed by atoms with Crippen molar-refractivity contribution >= 4 is 17.7 Å². The zero-order valence-corrected chi connectivity index (χ0v) is 9.36. The van der Waals surface area contributed by atoms with Crippen LogP contribution in [0.4, 0.5) is 5.69 Å². The summed E-state index contributed by atoms with van der Waals surface area (Å²) in [5.41, 5.74) is 12.7. The molecule has 1 aromatic rings. The summed E-state index contributed by atoms with van der Waals surface area (Å²) in [6.07, 6.45) is 1.83. The van der Waals surface area contributed by atoms with Gasteiger partial charge in [0.15, 0.2) is 0 Å². The number of carbonyl (C=O) groups is 1.